The number of nitrogens with zero attached hydrogens (tertiary/aromatic N) is 2. The first kappa shape index (κ1) is 30.6. The third kappa shape index (κ3) is 7.87. The predicted molar refractivity (Wildman–Crippen MR) is 159 cm³/mol. The van der Waals surface area contributed by atoms with E-state index >= 15 is 0 Å². The molecule has 4 rings (SSSR count). The molecule has 0 bridgehead atoms. The number of hydrogen-bond acceptors (Lipinski definition) is 5. The number of carbonyl (C=O) groups excluding carboxylic acids is 2. The van der Waals surface area contributed by atoms with Gasteiger partial charge in [0.15, 0.2) is 0 Å². The van der Waals surface area contributed by atoms with Gasteiger partial charge in [0.2, 0.25) is 21.8 Å². The Morgan fingerprint density at radius 1 is 0.976 bits per heavy atom. The molecule has 1 aliphatic heterocycles. The molecule has 0 aromatic heterocycles. The Bertz CT molecular complexity index is 1440. The van der Waals surface area contributed by atoms with Gasteiger partial charge in [0.1, 0.15) is 11.8 Å². The van der Waals surface area contributed by atoms with Gasteiger partial charge in [-0.25, -0.2) is 8.42 Å². The molecule has 41 heavy (non-hydrogen) atoms. The van der Waals surface area contributed by atoms with Crippen molar-refractivity contribution in [2.75, 3.05) is 20.2 Å². The number of benzene rings is 3. The number of carbonyl (C=O) groups is 2. The summed E-state index contributed by atoms with van der Waals surface area (Å²) in [7, 11) is -1.90. The Morgan fingerprint density at radius 2 is 1.61 bits per heavy atom. The van der Waals surface area contributed by atoms with Crippen LogP contribution in [0.3, 0.4) is 0 Å². The summed E-state index contributed by atoms with van der Waals surface area (Å²) >= 11 is 6.24. The van der Waals surface area contributed by atoms with Crippen LogP contribution in [0.5, 0.6) is 5.75 Å². The van der Waals surface area contributed by atoms with Crippen LogP contribution < -0.4 is 10.1 Å². The van der Waals surface area contributed by atoms with Gasteiger partial charge in [0, 0.05) is 37.6 Å². The molecule has 0 saturated carbocycles. The van der Waals surface area contributed by atoms with Crippen LogP contribution in [0.2, 0.25) is 5.02 Å². The van der Waals surface area contributed by atoms with Crippen molar-refractivity contribution in [3.63, 3.8) is 0 Å². The first-order chi connectivity index (χ1) is 19.7. The van der Waals surface area contributed by atoms with Crippen molar-refractivity contribution in [2.45, 2.75) is 56.6 Å². The molecule has 0 unspecified atom stereocenters. The maximum atomic E-state index is 13.5. The van der Waals surface area contributed by atoms with Crippen LogP contribution in [0, 0.1) is 0 Å². The standard InChI is InChI=1S/C31H36ClN3O5S/c1-23(31(37)33-21-26-7-3-4-8-29(26)32)35(22-25-9-14-27(40-2)15-10-25)30(36)18-13-24-11-16-28(17-12-24)41(38,39)34-19-5-6-20-34/h3-4,7-12,14-17,23H,5-6,13,18-22H2,1-2H3,(H,33,37)/t23-/m1/s1. The maximum Gasteiger partial charge on any atom is 0.243 e. The molecule has 0 radical (unpaired) electrons. The predicted octanol–water partition coefficient (Wildman–Crippen LogP) is 4.80. The summed E-state index contributed by atoms with van der Waals surface area (Å²) < 4.78 is 32.4. The van der Waals surface area contributed by atoms with Crippen LogP contribution >= 0.6 is 11.6 Å². The number of methoxy groups -OCH3 is 1. The van der Waals surface area contributed by atoms with E-state index in [2.05, 4.69) is 5.32 Å². The van der Waals surface area contributed by atoms with E-state index < -0.39 is 16.1 Å². The normalized spacial score (nSPS) is 14.4. The van der Waals surface area contributed by atoms with Crippen LogP contribution in [0.15, 0.2) is 77.7 Å². The molecule has 2 amide bonds. The van der Waals surface area contributed by atoms with Gasteiger partial charge in [-0.3, -0.25) is 9.59 Å². The number of sulfonamides is 1. The molecule has 1 fully saturated rings. The highest BCUT2D eigenvalue weighted by Gasteiger charge is 2.28. The molecule has 8 nitrogen and oxygen atoms in total. The molecule has 3 aromatic rings. The Morgan fingerprint density at radius 3 is 2.24 bits per heavy atom. The first-order valence-corrected chi connectivity index (χ1v) is 15.5. The van der Waals surface area contributed by atoms with Crippen LogP contribution in [0.1, 0.15) is 42.9 Å². The van der Waals surface area contributed by atoms with E-state index in [-0.39, 0.29) is 36.2 Å². The highest BCUT2D eigenvalue weighted by Crippen LogP contribution is 2.22. The quantitative estimate of drug-likeness (QED) is 0.324. The SMILES string of the molecule is COc1ccc(CN(C(=O)CCc2ccc(S(=O)(=O)N3CCCC3)cc2)[C@H](C)C(=O)NCc2ccccc2Cl)cc1. The van der Waals surface area contributed by atoms with Crippen LogP contribution in [-0.2, 0) is 39.1 Å². The molecule has 1 atom stereocenters. The van der Waals surface area contributed by atoms with Crippen molar-refractivity contribution in [3.8, 4) is 5.75 Å². The lowest BCUT2D eigenvalue weighted by atomic mass is 10.1. The third-order valence-corrected chi connectivity index (χ3v) is 9.63. The van der Waals surface area contributed by atoms with Crippen molar-refractivity contribution in [1.82, 2.24) is 14.5 Å². The number of hydrogen-bond donors (Lipinski definition) is 1. The van der Waals surface area contributed by atoms with Gasteiger partial charge in [-0.15, -0.1) is 0 Å². The fraction of sp³-hybridized carbons (Fsp3) is 0.355. The van der Waals surface area contributed by atoms with Gasteiger partial charge in [-0.05, 0) is 73.2 Å². The van der Waals surface area contributed by atoms with Gasteiger partial charge in [0.05, 0.1) is 12.0 Å². The van der Waals surface area contributed by atoms with Gasteiger partial charge in [-0.2, -0.15) is 4.31 Å². The van der Waals surface area contributed by atoms with E-state index in [1.54, 1.807) is 49.3 Å². The fourth-order valence-corrected chi connectivity index (χ4v) is 6.50. The number of ether oxygens (including phenoxy) is 1. The lowest BCUT2D eigenvalue weighted by molar-refractivity contribution is -0.140. The Hall–Kier alpha value is -3.40. The van der Waals surface area contributed by atoms with Crippen LogP contribution in [0.4, 0.5) is 0 Å². The minimum Gasteiger partial charge on any atom is -0.497 e. The van der Waals surface area contributed by atoms with E-state index in [4.69, 9.17) is 16.3 Å². The molecule has 3 aromatic carbocycles. The number of nitrogens with one attached hydrogen (secondary N) is 1. The lowest BCUT2D eigenvalue weighted by Crippen LogP contribution is -2.47. The highest BCUT2D eigenvalue weighted by atomic mass is 35.5. The zero-order valence-corrected chi connectivity index (χ0v) is 25.0. The van der Waals surface area contributed by atoms with Crippen molar-refractivity contribution >= 4 is 33.4 Å². The topological polar surface area (TPSA) is 96.0 Å². The van der Waals surface area contributed by atoms with E-state index in [0.29, 0.717) is 30.3 Å². The van der Waals surface area contributed by atoms with E-state index in [0.717, 1.165) is 29.5 Å². The number of halogens is 1. The van der Waals surface area contributed by atoms with Gasteiger partial charge in [0.25, 0.3) is 0 Å². The van der Waals surface area contributed by atoms with Crippen LogP contribution in [0.25, 0.3) is 0 Å². The zero-order valence-electron chi connectivity index (χ0n) is 23.4. The summed E-state index contributed by atoms with van der Waals surface area (Å²) in [5, 5.41) is 3.46. The summed E-state index contributed by atoms with van der Waals surface area (Å²) in [6, 6.07) is 20.6. The van der Waals surface area contributed by atoms with Gasteiger partial charge in [-0.1, -0.05) is 54.1 Å². The minimum absolute atomic E-state index is 0.163. The Labute approximate surface area is 247 Å². The molecule has 1 N–H and O–H groups in total. The molecule has 1 saturated heterocycles. The minimum atomic E-state index is -3.49. The summed E-state index contributed by atoms with van der Waals surface area (Å²) in [4.78, 5) is 28.5. The van der Waals surface area contributed by atoms with E-state index in [1.807, 2.05) is 42.5 Å². The molecule has 218 valence electrons. The molecule has 1 heterocycles. The molecular formula is C31H36ClN3O5S. The Kier molecular flexibility index (Phi) is 10.4. The van der Waals surface area contributed by atoms with E-state index in [1.165, 1.54) is 4.31 Å². The average Bonchev–Trinajstić information content (AvgIpc) is 3.55. The smallest absolute Gasteiger partial charge is 0.243 e. The number of amides is 2. The van der Waals surface area contributed by atoms with Crippen molar-refractivity contribution < 1.29 is 22.7 Å². The summed E-state index contributed by atoms with van der Waals surface area (Å²) in [6.07, 6.45) is 2.33. The second-order valence-corrected chi connectivity index (χ2v) is 12.5. The zero-order chi connectivity index (χ0) is 29.4. The Balaban J connectivity index is 1.44. The second-order valence-electron chi connectivity index (χ2n) is 10.1. The van der Waals surface area contributed by atoms with Crippen molar-refractivity contribution in [3.05, 3.63) is 94.5 Å². The summed E-state index contributed by atoms with van der Waals surface area (Å²) in [5.74, 6) is 0.227. The summed E-state index contributed by atoms with van der Waals surface area (Å²) in [6.45, 7) is 3.30. The second kappa shape index (κ2) is 14.0. The average molecular weight is 598 g/mol. The molecule has 1 aliphatic rings. The molecular weight excluding hydrogens is 562 g/mol. The van der Waals surface area contributed by atoms with Crippen molar-refractivity contribution in [2.24, 2.45) is 0 Å². The molecule has 0 spiro atoms. The summed E-state index contributed by atoms with van der Waals surface area (Å²) in [5.41, 5.74) is 2.50. The first-order valence-electron chi connectivity index (χ1n) is 13.7. The number of rotatable bonds is 12. The molecule has 0 aliphatic carbocycles. The van der Waals surface area contributed by atoms with E-state index in [9.17, 15) is 18.0 Å². The molecule has 10 heteroatoms. The monoisotopic (exact) mass is 597 g/mol. The van der Waals surface area contributed by atoms with Crippen LogP contribution in [-0.4, -0.2) is 55.7 Å². The third-order valence-electron chi connectivity index (χ3n) is 7.34. The lowest BCUT2D eigenvalue weighted by Gasteiger charge is -2.29. The largest absolute Gasteiger partial charge is 0.497 e. The fourth-order valence-electron chi connectivity index (χ4n) is 4.78. The number of aryl methyl sites for hydroxylation is 1. The van der Waals surface area contributed by atoms with Gasteiger partial charge >= 0.3 is 0 Å². The highest BCUT2D eigenvalue weighted by molar-refractivity contribution is 7.89. The van der Waals surface area contributed by atoms with Gasteiger partial charge < -0.3 is 15.0 Å². The maximum absolute atomic E-state index is 13.5. The van der Waals surface area contributed by atoms with Crippen molar-refractivity contribution in [1.29, 1.82) is 0 Å².